The molecule has 0 radical (unpaired) electrons. The first-order valence-electron chi connectivity index (χ1n) is 9.51. The second-order valence-corrected chi connectivity index (χ2v) is 8.35. The molecule has 4 rings (SSSR count). The van der Waals surface area contributed by atoms with Crippen LogP contribution in [0.15, 0.2) is 24.3 Å². The minimum absolute atomic E-state index is 0.119. The lowest BCUT2D eigenvalue weighted by atomic mass is 10.1. The molecule has 0 bridgehead atoms. The van der Waals surface area contributed by atoms with Crippen LogP contribution in [0.3, 0.4) is 0 Å². The molecule has 2 aromatic rings. The Labute approximate surface area is 157 Å². The highest BCUT2D eigenvalue weighted by Gasteiger charge is 2.39. The fourth-order valence-electron chi connectivity index (χ4n) is 4.00. The van der Waals surface area contributed by atoms with Gasteiger partial charge in [-0.1, -0.05) is 25.0 Å². The van der Waals surface area contributed by atoms with Gasteiger partial charge in [-0.25, -0.2) is 4.98 Å². The van der Waals surface area contributed by atoms with Crippen molar-refractivity contribution < 1.29 is 14.3 Å². The van der Waals surface area contributed by atoms with Crippen molar-refractivity contribution in [3.8, 4) is 0 Å². The van der Waals surface area contributed by atoms with Crippen molar-refractivity contribution in [1.29, 1.82) is 0 Å². The lowest BCUT2D eigenvalue weighted by Crippen LogP contribution is -2.35. The summed E-state index contributed by atoms with van der Waals surface area (Å²) in [6.45, 7) is 0.934. The molecular weight excluding hydrogens is 348 g/mol. The van der Waals surface area contributed by atoms with E-state index < -0.39 is 0 Å². The van der Waals surface area contributed by atoms with Gasteiger partial charge in [0, 0.05) is 25.4 Å². The molecule has 1 amide bonds. The van der Waals surface area contributed by atoms with Crippen molar-refractivity contribution in [2.45, 2.75) is 51.0 Å². The van der Waals surface area contributed by atoms with Gasteiger partial charge in [-0.15, -0.1) is 11.3 Å². The molecule has 1 saturated carbocycles. The molecule has 0 N–H and O–H groups in total. The zero-order valence-electron chi connectivity index (χ0n) is 14.9. The van der Waals surface area contributed by atoms with Gasteiger partial charge >= 0.3 is 5.97 Å². The topological polar surface area (TPSA) is 59.5 Å². The first-order valence-corrected chi connectivity index (χ1v) is 10.3. The SMILES string of the molecule is O=C(OCCCc1nc2ccccc2s1)C1CC(=O)N(C2CCCC2)C1. The van der Waals surface area contributed by atoms with E-state index in [0.29, 0.717) is 25.6 Å². The monoisotopic (exact) mass is 372 g/mol. The first-order chi connectivity index (χ1) is 12.7. The number of hydrogen-bond acceptors (Lipinski definition) is 5. The van der Waals surface area contributed by atoms with Crippen LogP contribution in [0.5, 0.6) is 0 Å². The van der Waals surface area contributed by atoms with Crippen molar-refractivity contribution in [3.05, 3.63) is 29.3 Å². The first kappa shape index (κ1) is 17.5. The molecule has 138 valence electrons. The molecule has 2 heterocycles. The van der Waals surface area contributed by atoms with Gasteiger partial charge in [0.2, 0.25) is 5.91 Å². The number of ether oxygens (including phenoxy) is 1. The molecule has 0 spiro atoms. The summed E-state index contributed by atoms with van der Waals surface area (Å²) in [6, 6.07) is 8.45. The second kappa shape index (κ2) is 7.74. The van der Waals surface area contributed by atoms with Gasteiger partial charge in [-0.2, -0.15) is 0 Å². The van der Waals surface area contributed by atoms with Crippen LogP contribution in [0, 0.1) is 5.92 Å². The van der Waals surface area contributed by atoms with Crippen LogP contribution in [0.2, 0.25) is 0 Å². The van der Waals surface area contributed by atoms with Gasteiger partial charge in [-0.3, -0.25) is 9.59 Å². The van der Waals surface area contributed by atoms with Gasteiger partial charge < -0.3 is 9.64 Å². The van der Waals surface area contributed by atoms with Crippen LogP contribution in [0.1, 0.15) is 43.5 Å². The summed E-state index contributed by atoms with van der Waals surface area (Å²) >= 11 is 1.69. The summed E-state index contributed by atoms with van der Waals surface area (Å²) in [5, 5.41) is 1.07. The maximum absolute atomic E-state index is 12.3. The Morgan fingerprint density at radius 3 is 2.88 bits per heavy atom. The van der Waals surface area contributed by atoms with E-state index in [1.807, 2.05) is 23.1 Å². The number of benzene rings is 1. The van der Waals surface area contributed by atoms with E-state index in [1.165, 1.54) is 17.5 Å². The highest BCUT2D eigenvalue weighted by Crippen LogP contribution is 2.30. The smallest absolute Gasteiger partial charge is 0.311 e. The molecule has 2 fully saturated rings. The highest BCUT2D eigenvalue weighted by molar-refractivity contribution is 7.18. The summed E-state index contributed by atoms with van der Waals surface area (Å²) in [5.41, 5.74) is 1.03. The van der Waals surface area contributed by atoms with Crippen molar-refractivity contribution in [2.75, 3.05) is 13.2 Å². The van der Waals surface area contributed by atoms with Gasteiger partial charge in [0.05, 0.1) is 27.7 Å². The standard InChI is InChI=1S/C20H24N2O3S/c23-19-12-14(13-22(19)15-6-1-2-7-15)20(24)25-11-5-10-18-21-16-8-3-4-9-17(16)26-18/h3-4,8-9,14-15H,1-2,5-7,10-13H2. The van der Waals surface area contributed by atoms with E-state index in [0.717, 1.165) is 36.2 Å². The minimum Gasteiger partial charge on any atom is -0.465 e. The third-order valence-corrected chi connectivity index (χ3v) is 6.47. The summed E-state index contributed by atoms with van der Waals surface area (Å²) in [6.07, 6.45) is 6.42. The number of fused-ring (bicyclic) bond motifs is 1. The molecule has 26 heavy (non-hydrogen) atoms. The number of amides is 1. The Bertz CT molecular complexity index is 764. The Morgan fingerprint density at radius 2 is 2.08 bits per heavy atom. The van der Waals surface area contributed by atoms with Crippen LogP contribution in [0.4, 0.5) is 0 Å². The summed E-state index contributed by atoms with van der Waals surface area (Å²) in [7, 11) is 0. The number of aromatic nitrogens is 1. The number of thiazole rings is 1. The lowest BCUT2D eigenvalue weighted by Gasteiger charge is -2.23. The maximum atomic E-state index is 12.3. The average Bonchev–Trinajstić information content (AvgIpc) is 3.37. The maximum Gasteiger partial charge on any atom is 0.311 e. The Morgan fingerprint density at radius 1 is 1.27 bits per heavy atom. The summed E-state index contributed by atoms with van der Waals surface area (Å²) in [5.74, 6) is -0.387. The minimum atomic E-state index is -0.287. The van der Waals surface area contributed by atoms with Crippen LogP contribution in [0.25, 0.3) is 10.2 Å². The molecule has 1 unspecified atom stereocenters. The zero-order chi connectivity index (χ0) is 17.9. The largest absolute Gasteiger partial charge is 0.465 e. The van der Waals surface area contributed by atoms with Gasteiger partial charge in [0.1, 0.15) is 0 Å². The summed E-state index contributed by atoms with van der Waals surface area (Å²) in [4.78, 5) is 31.0. The normalized spacial score (nSPS) is 21.0. The Kier molecular flexibility index (Phi) is 5.20. The quantitative estimate of drug-likeness (QED) is 0.575. The number of nitrogens with zero attached hydrogens (tertiary/aromatic N) is 2. The molecule has 1 aromatic carbocycles. The van der Waals surface area contributed by atoms with E-state index >= 15 is 0 Å². The second-order valence-electron chi connectivity index (χ2n) is 7.23. The van der Waals surface area contributed by atoms with Crippen molar-refractivity contribution in [2.24, 2.45) is 5.92 Å². The molecular formula is C20H24N2O3S. The molecule has 5 nitrogen and oxygen atoms in total. The Hall–Kier alpha value is -1.95. The lowest BCUT2D eigenvalue weighted by molar-refractivity contribution is -0.148. The highest BCUT2D eigenvalue weighted by atomic mass is 32.1. The average molecular weight is 372 g/mol. The van der Waals surface area contributed by atoms with Crippen molar-refractivity contribution >= 4 is 33.4 Å². The molecule has 1 atom stereocenters. The third-order valence-electron chi connectivity index (χ3n) is 5.37. The molecule has 1 saturated heterocycles. The molecule has 1 aromatic heterocycles. The number of aryl methyl sites for hydroxylation is 1. The Balaban J connectivity index is 1.22. The molecule has 2 aliphatic rings. The predicted molar refractivity (Wildman–Crippen MR) is 101 cm³/mol. The van der Waals surface area contributed by atoms with Crippen LogP contribution < -0.4 is 0 Å². The van der Waals surface area contributed by atoms with Crippen LogP contribution in [-0.2, 0) is 20.7 Å². The van der Waals surface area contributed by atoms with Gasteiger partial charge in [0.15, 0.2) is 0 Å². The number of rotatable bonds is 6. The van der Waals surface area contributed by atoms with Crippen LogP contribution in [-0.4, -0.2) is 41.0 Å². The number of carbonyl (C=O) groups is 2. The third kappa shape index (κ3) is 3.75. The van der Waals surface area contributed by atoms with E-state index in [4.69, 9.17) is 4.74 Å². The number of carbonyl (C=O) groups excluding carboxylic acids is 2. The van der Waals surface area contributed by atoms with E-state index in [1.54, 1.807) is 11.3 Å². The molecule has 1 aliphatic heterocycles. The van der Waals surface area contributed by atoms with Gasteiger partial charge in [-0.05, 0) is 31.4 Å². The number of para-hydroxylation sites is 1. The van der Waals surface area contributed by atoms with E-state index in [-0.39, 0.29) is 17.8 Å². The number of hydrogen-bond donors (Lipinski definition) is 0. The molecule has 6 heteroatoms. The predicted octanol–water partition coefficient (Wildman–Crippen LogP) is 3.56. The van der Waals surface area contributed by atoms with E-state index in [2.05, 4.69) is 11.1 Å². The van der Waals surface area contributed by atoms with Gasteiger partial charge in [0.25, 0.3) is 0 Å². The fourth-order valence-corrected chi connectivity index (χ4v) is 5.01. The van der Waals surface area contributed by atoms with E-state index in [9.17, 15) is 9.59 Å². The zero-order valence-corrected chi connectivity index (χ0v) is 15.7. The fraction of sp³-hybridized carbons (Fsp3) is 0.550. The number of esters is 1. The van der Waals surface area contributed by atoms with Crippen LogP contribution >= 0.6 is 11.3 Å². The van der Waals surface area contributed by atoms with Crippen molar-refractivity contribution in [3.63, 3.8) is 0 Å². The molecule has 1 aliphatic carbocycles. The summed E-state index contributed by atoms with van der Waals surface area (Å²) < 4.78 is 6.63. The number of likely N-dealkylation sites (tertiary alicyclic amines) is 1. The van der Waals surface area contributed by atoms with Crippen molar-refractivity contribution in [1.82, 2.24) is 9.88 Å².